The van der Waals surface area contributed by atoms with E-state index in [2.05, 4.69) is 54.9 Å². The lowest BCUT2D eigenvalue weighted by molar-refractivity contribution is 0.118. The Bertz CT molecular complexity index is 527. The fraction of sp³-hybridized carbons (Fsp3) is 0.471. The number of thiazole rings is 1. The Hall–Kier alpha value is -1.23. The maximum atomic E-state index is 5.31. The van der Waals surface area contributed by atoms with Crippen LogP contribution in [-0.2, 0) is 17.6 Å². The monoisotopic (exact) mass is 304 g/mol. The molecule has 0 fully saturated rings. The van der Waals surface area contributed by atoms with Gasteiger partial charge in [-0.25, -0.2) is 4.98 Å². The lowest BCUT2D eigenvalue weighted by atomic mass is 10.0. The number of rotatable bonds is 8. The maximum absolute atomic E-state index is 5.31. The van der Waals surface area contributed by atoms with E-state index in [1.165, 1.54) is 5.56 Å². The molecular formula is C17H24N2OS. The normalized spacial score (nSPS) is 14.0. The zero-order chi connectivity index (χ0) is 15.1. The third-order valence-corrected chi connectivity index (χ3v) is 4.45. The number of likely N-dealkylation sites (N-methyl/N-ethyl adjacent to an activating group) is 1. The van der Waals surface area contributed by atoms with E-state index in [0.29, 0.717) is 6.04 Å². The van der Waals surface area contributed by atoms with Gasteiger partial charge in [0.25, 0.3) is 0 Å². The largest absolute Gasteiger partial charge is 0.381 e. The number of methoxy groups -OCH3 is 1. The minimum Gasteiger partial charge on any atom is -0.381 e. The van der Waals surface area contributed by atoms with Gasteiger partial charge in [-0.3, -0.25) is 0 Å². The number of hydrogen-bond donors (Lipinski definition) is 1. The van der Waals surface area contributed by atoms with Crippen molar-refractivity contribution in [2.45, 2.75) is 38.8 Å². The van der Waals surface area contributed by atoms with Gasteiger partial charge >= 0.3 is 0 Å². The molecule has 21 heavy (non-hydrogen) atoms. The highest BCUT2D eigenvalue weighted by atomic mass is 32.1. The van der Waals surface area contributed by atoms with Crippen LogP contribution >= 0.6 is 11.3 Å². The van der Waals surface area contributed by atoms with Crippen LogP contribution < -0.4 is 5.32 Å². The van der Waals surface area contributed by atoms with E-state index < -0.39 is 0 Å². The summed E-state index contributed by atoms with van der Waals surface area (Å²) in [5.41, 5.74) is 2.48. The molecule has 3 nitrogen and oxygen atoms in total. The van der Waals surface area contributed by atoms with Crippen molar-refractivity contribution in [1.29, 1.82) is 0 Å². The average Bonchev–Trinajstić information content (AvgIpc) is 2.94. The van der Waals surface area contributed by atoms with Crippen LogP contribution in [0.5, 0.6) is 0 Å². The van der Waals surface area contributed by atoms with E-state index >= 15 is 0 Å². The third kappa shape index (κ3) is 4.92. The van der Waals surface area contributed by atoms with Crippen LogP contribution in [0.3, 0.4) is 0 Å². The number of ether oxygens (including phenoxy) is 1. The van der Waals surface area contributed by atoms with E-state index in [1.54, 1.807) is 18.4 Å². The molecule has 1 aromatic carbocycles. The molecule has 0 aliphatic carbocycles. The van der Waals surface area contributed by atoms with Crippen LogP contribution in [0.2, 0.25) is 0 Å². The lowest BCUT2D eigenvalue weighted by Gasteiger charge is -2.17. The molecule has 0 amide bonds. The minimum atomic E-state index is 0.225. The molecule has 2 rings (SSSR count). The summed E-state index contributed by atoms with van der Waals surface area (Å²) in [6.07, 6.45) is 2.04. The van der Waals surface area contributed by atoms with Crippen LogP contribution in [0.25, 0.3) is 0 Å². The molecule has 0 saturated heterocycles. The number of nitrogens with zero attached hydrogens (tertiary/aromatic N) is 1. The molecule has 0 aliphatic rings. The summed E-state index contributed by atoms with van der Waals surface area (Å²) >= 11 is 1.73. The van der Waals surface area contributed by atoms with Gasteiger partial charge in [0.2, 0.25) is 0 Å². The molecule has 2 unspecified atom stereocenters. The van der Waals surface area contributed by atoms with E-state index in [-0.39, 0.29) is 6.10 Å². The van der Waals surface area contributed by atoms with Gasteiger partial charge in [-0.05, 0) is 19.0 Å². The van der Waals surface area contributed by atoms with Gasteiger partial charge in [-0.15, -0.1) is 11.3 Å². The van der Waals surface area contributed by atoms with Crippen molar-refractivity contribution in [2.24, 2.45) is 0 Å². The van der Waals surface area contributed by atoms with E-state index in [0.717, 1.165) is 30.1 Å². The predicted octanol–water partition coefficient (Wildman–Crippen LogP) is 3.61. The van der Waals surface area contributed by atoms with Gasteiger partial charge in [-0.1, -0.05) is 37.3 Å². The highest BCUT2D eigenvalue weighted by molar-refractivity contribution is 7.09. The molecule has 114 valence electrons. The van der Waals surface area contributed by atoms with Crippen LogP contribution in [-0.4, -0.2) is 24.7 Å². The fourth-order valence-electron chi connectivity index (χ4n) is 2.31. The Morgan fingerprint density at radius 3 is 2.67 bits per heavy atom. The Morgan fingerprint density at radius 2 is 2.00 bits per heavy atom. The third-order valence-electron chi connectivity index (χ3n) is 3.53. The Labute approximate surface area is 131 Å². The van der Waals surface area contributed by atoms with Gasteiger partial charge in [0.05, 0.1) is 16.8 Å². The van der Waals surface area contributed by atoms with Crippen molar-refractivity contribution in [1.82, 2.24) is 10.3 Å². The molecular weight excluding hydrogens is 280 g/mol. The second-order valence-corrected chi connectivity index (χ2v) is 6.15. The molecule has 2 aromatic rings. The molecule has 1 heterocycles. The summed E-state index contributed by atoms with van der Waals surface area (Å²) in [6, 6.07) is 10.9. The number of benzene rings is 1. The molecule has 0 radical (unpaired) electrons. The quantitative estimate of drug-likeness (QED) is 0.809. The van der Waals surface area contributed by atoms with Crippen molar-refractivity contribution in [3.8, 4) is 0 Å². The Kier molecular flexibility index (Phi) is 6.36. The zero-order valence-electron chi connectivity index (χ0n) is 13.0. The summed E-state index contributed by atoms with van der Waals surface area (Å²) in [5.74, 6) is 0. The highest BCUT2D eigenvalue weighted by Crippen LogP contribution is 2.20. The van der Waals surface area contributed by atoms with Gasteiger partial charge in [0, 0.05) is 31.4 Å². The minimum absolute atomic E-state index is 0.225. The number of nitrogens with one attached hydrogen (secondary N) is 1. The van der Waals surface area contributed by atoms with Crippen LogP contribution in [0.1, 0.15) is 36.2 Å². The van der Waals surface area contributed by atoms with Crippen molar-refractivity contribution < 1.29 is 4.74 Å². The summed E-state index contributed by atoms with van der Waals surface area (Å²) in [5, 5.41) is 6.88. The second kappa shape index (κ2) is 8.27. The second-order valence-electron chi connectivity index (χ2n) is 5.21. The van der Waals surface area contributed by atoms with Gasteiger partial charge in [0.1, 0.15) is 0 Å². The Balaban J connectivity index is 2.04. The standard InChI is InChI=1S/C17H24N2OS/c1-4-18-16(14-8-6-5-7-9-14)11-15-12-21-17(19-15)10-13(2)20-3/h5-9,12-13,16,18H,4,10-11H2,1-3H3. The number of hydrogen-bond acceptors (Lipinski definition) is 4. The summed E-state index contributed by atoms with van der Waals surface area (Å²) in [6.45, 7) is 5.17. The van der Waals surface area contributed by atoms with Gasteiger partial charge < -0.3 is 10.1 Å². The summed E-state index contributed by atoms with van der Waals surface area (Å²) in [7, 11) is 1.75. The molecule has 0 spiro atoms. The molecule has 4 heteroatoms. The smallest absolute Gasteiger partial charge is 0.0954 e. The van der Waals surface area contributed by atoms with Crippen LogP contribution in [0.15, 0.2) is 35.7 Å². The van der Waals surface area contributed by atoms with E-state index in [4.69, 9.17) is 9.72 Å². The first-order chi connectivity index (χ1) is 10.2. The SMILES string of the molecule is CCNC(Cc1csc(CC(C)OC)n1)c1ccccc1. The summed E-state index contributed by atoms with van der Waals surface area (Å²) < 4.78 is 5.31. The van der Waals surface area contributed by atoms with Crippen molar-refractivity contribution in [3.63, 3.8) is 0 Å². The molecule has 2 atom stereocenters. The van der Waals surface area contributed by atoms with Crippen LogP contribution in [0, 0.1) is 0 Å². The summed E-state index contributed by atoms with van der Waals surface area (Å²) in [4.78, 5) is 4.74. The van der Waals surface area contributed by atoms with Crippen molar-refractivity contribution >= 4 is 11.3 Å². The first-order valence-electron chi connectivity index (χ1n) is 7.47. The van der Waals surface area contributed by atoms with Crippen LogP contribution in [0.4, 0.5) is 0 Å². The topological polar surface area (TPSA) is 34.1 Å². The zero-order valence-corrected chi connectivity index (χ0v) is 13.8. The number of aromatic nitrogens is 1. The average molecular weight is 304 g/mol. The van der Waals surface area contributed by atoms with Crippen molar-refractivity contribution in [2.75, 3.05) is 13.7 Å². The lowest BCUT2D eigenvalue weighted by Crippen LogP contribution is -2.23. The molecule has 1 aromatic heterocycles. The first kappa shape index (κ1) is 16.1. The van der Waals surface area contributed by atoms with E-state index in [1.807, 2.05) is 0 Å². The van der Waals surface area contributed by atoms with Gasteiger partial charge in [0.15, 0.2) is 0 Å². The molecule has 0 saturated carbocycles. The predicted molar refractivity (Wildman–Crippen MR) is 88.9 cm³/mol. The fourth-order valence-corrected chi connectivity index (χ4v) is 3.24. The maximum Gasteiger partial charge on any atom is 0.0954 e. The Morgan fingerprint density at radius 1 is 1.24 bits per heavy atom. The highest BCUT2D eigenvalue weighted by Gasteiger charge is 2.14. The van der Waals surface area contributed by atoms with Gasteiger partial charge in [-0.2, -0.15) is 0 Å². The molecule has 1 N–H and O–H groups in total. The molecule has 0 aliphatic heterocycles. The molecule has 0 bridgehead atoms. The van der Waals surface area contributed by atoms with Crippen molar-refractivity contribution in [3.05, 3.63) is 52.0 Å². The first-order valence-corrected chi connectivity index (χ1v) is 8.35. The van der Waals surface area contributed by atoms with E-state index in [9.17, 15) is 0 Å².